The van der Waals surface area contributed by atoms with Crippen LogP contribution in [0.1, 0.15) is 34.6 Å². The molecule has 0 aromatic rings. The van der Waals surface area contributed by atoms with Crippen molar-refractivity contribution >= 4 is 19.1 Å². The summed E-state index contributed by atoms with van der Waals surface area (Å²) in [5.41, 5.74) is 3.40. The van der Waals surface area contributed by atoms with E-state index in [0.717, 1.165) is 0 Å². The maximum Gasteiger partial charge on any atom is 0.129 e. The second-order valence-corrected chi connectivity index (χ2v) is 14.2. The average molecular weight is 288 g/mol. The van der Waals surface area contributed by atoms with Gasteiger partial charge in [0.2, 0.25) is 0 Å². The van der Waals surface area contributed by atoms with Crippen LogP contribution in [0.15, 0.2) is 0 Å². The van der Waals surface area contributed by atoms with Crippen LogP contribution < -0.4 is 0 Å². The first-order chi connectivity index (χ1) is 7.86. The Morgan fingerprint density at radius 2 is 1.61 bits per heavy atom. The third kappa shape index (κ3) is 6.17. The Morgan fingerprint density at radius 3 is 1.89 bits per heavy atom. The van der Waals surface area contributed by atoms with E-state index in [2.05, 4.69) is 45.0 Å². The lowest BCUT2D eigenvalue weighted by molar-refractivity contribution is 0.368. The van der Waals surface area contributed by atoms with Gasteiger partial charge in [-0.2, -0.15) is 0 Å². The smallest absolute Gasteiger partial charge is 0.129 e. The second-order valence-electron chi connectivity index (χ2n) is 7.12. The third-order valence-corrected chi connectivity index (χ3v) is 5.10. The maximum atomic E-state index is 12.4. The van der Waals surface area contributed by atoms with Crippen molar-refractivity contribution in [3.05, 3.63) is 0 Å². The lowest BCUT2D eigenvalue weighted by atomic mass is 10.1. The first kappa shape index (κ1) is 17.9. The molecule has 2 nitrogen and oxygen atoms in total. The van der Waals surface area contributed by atoms with Crippen LogP contribution in [0, 0.1) is 17.4 Å². The van der Waals surface area contributed by atoms with Gasteiger partial charge in [-0.15, -0.1) is 5.54 Å². The van der Waals surface area contributed by atoms with E-state index >= 15 is 0 Å². The summed E-state index contributed by atoms with van der Waals surface area (Å²) in [6.45, 7) is 17.0. The van der Waals surface area contributed by atoms with Crippen molar-refractivity contribution < 1.29 is 4.21 Å². The van der Waals surface area contributed by atoms with Gasteiger partial charge >= 0.3 is 0 Å². The Labute approximate surface area is 117 Å². The predicted molar refractivity (Wildman–Crippen MR) is 85.4 cm³/mol. The molecule has 0 saturated carbocycles. The van der Waals surface area contributed by atoms with Crippen LogP contribution in [0.25, 0.3) is 0 Å². The summed E-state index contributed by atoms with van der Waals surface area (Å²) in [4.78, 5) is 0. The summed E-state index contributed by atoms with van der Waals surface area (Å²) in [5, 5.41) is 0. The number of hydrogen-bond donors (Lipinski definition) is 0. The monoisotopic (exact) mass is 287 g/mol. The fourth-order valence-electron chi connectivity index (χ4n) is 1.50. The van der Waals surface area contributed by atoms with Gasteiger partial charge in [0.1, 0.15) is 19.1 Å². The lowest BCUT2D eigenvalue weighted by Crippen LogP contribution is -2.43. The van der Waals surface area contributed by atoms with Gasteiger partial charge in [-0.25, -0.2) is 8.51 Å². The van der Waals surface area contributed by atoms with Gasteiger partial charge in [0.05, 0.1) is 10.8 Å². The Kier molecular flexibility index (Phi) is 6.32. The van der Waals surface area contributed by atoms with E-state index in [0.29, 0.717) is 5.92 Å². The van der Waals surface area contributed by atoms with Gasteiger partial charge in [0.15, 0.2) is 0 Å². The molecule has 106 valence electrons. The van der Waals surface area contributed by atoms with Gasteiger partial charge in [-0.3, -0.25) is 0 Å². The summed E-state index contributed by atoms with van der Waals surface area (Å²) in [5.74, 6) is 3.74. The lowest BCUT2D eigenvalue weighted by Gasteiger charge is -2.31. The molecular formula is C14H29NOSSi. The SMILES string of the molecule is CC(C)[C@@H](C#C[Si](C)(C)C)N(C)[S@@](=O)C(C)(C)C. The van der Waals surface area contributed by atoms with Crippen LogP contribution in [0.3, 0.4) is 0 Å². The molecular weight excluding hydrogens is 258 g/mol. The largest absolute Gasteiger partial charge is 0.242 e. The van der Waals surface area contributed by atoms with Gasteiger partial charge in [0.25, 0.3) is 0 Å². The number of hydrogen-bond acceptors (Lipinski definition) is 1. The molecule has 0 unspecified atom stereocenters. The fraction of sp³-hybridized carbons (Fsp3) is 0.857. The van der Waals surface area contributed by atoms with Crippen LogP contribution in [0.5, 0.6) is 0 Å². The standard InChI is InChI=1S/C14H29NOSSi/c1-12(2)13(10-11-18(7,8)9)15(6)17(16)14(3,4)5/h12-13H,1-9H3/t13-,17+/m1/s1. The predicted octanol–water partition coefficient (Wildman–Crippen LogP) is 3.29. The molecule has 0 aliphatic rings. The molecule has 0 saturated heterocycles. The van der Waals surface area contributed by atoms with Crippen molar-refractivity contribution in [2.75, 3.05) is 7.05 Å². The summed E-state index contributed by atoms with van der Waals surface area (Å²) in [6, 6.07) is 0.0665. The Balaban J connectivity index is 5.14. The molecule has 0 rings (SSSR count). The van der Waals surface area contributed by atoms with Crippen LogP contribution in [-0.4, -0.2) is 34.4 Å². The van der Waals surface area contributed by atoms with Crippen LogP contribution in [0.4, 0.5) is 0 Å². The van der Waals surface area contributed by atoms with Crippen molar-refractivity contribution in [1.82, 2.24) is 4.31 Å². The molecule has 0 fully saturated rings. The van der Waals surface area contributed by atoms with Gasteiger partial charge in [-0.05, 0) is 26.7 Å². The van der Waals surface area contributed by atoms with Gasteiger partial charge in [0, 0.05) is 7.05 Å². The summed E-state index contributed by atoms with van der Waals surface area (Å²) in [6.07, 6.45) is 0. The molecule has 0 spiro atoms. The second kappa shape index (κ2) is 6.36. The molecule has 2 atom stereocenters. The first-order valence-electron chi connectivity index (χ1n) is 6.54. The minimum absolute atomic E-state index is 0.0665. The van der Waals surface area contributed by atoms with Crippen LogP contribution in [-0.2, 0) is 11.0 Å². The summed E-state index contributed by atoms with van der Waals surface area (Å²) < 4.78 is 14.1. The van der Waals surface area contributed by atoms with Crippen LogP contribution in [0.2, 0.25) is 19.6 Å². The Hall–Kier alpha value is -0.113. The zero-order valence-corrected chi connectivity index (χ0v) is 15.2. The molecule has 0 aromatic carbocycles. The van der Waals surface area contributed by atoms with E-state index in [1.165, 1.54) is 0 Å². The average Bonchev–Trinajstić information content (AvgIpc) is 2.12. The molecule has 0 aromatic heterocycles. The van der Waals surface area contributed by atoms with E-state index in [1.807, 2.05) is 32.1 Å². The van der Waals surface area contributed by atoms with E-state index in [9.17, 15) is 4.21 Å². The van der Waals surface area contributed by atoms with Crippen molar-refractivity contribution in [2.45, 2.75) is 65.0 Å². The van der Waals surface area contributed by atoms with Gasteiger partial charge in [-0.1, -0.05) is 39.4 Å². The summed E-state index contributed by atoms with van der Waals surface area (Å²) in [7, 11) is -0.472. The first-order valence-corrected chi connectivity index (χ1v) is 11.1. The minimum Gasteiger partial charge on any atom is -0.242 e. The zero-order valence-electron chi connectivity index (χ0n) is 13.4. The highest BCUT2D eigenvalue weighted by Crippen LogP contribution is 2.19. The zero-order chi connectivity index (χ0) is 14.7. The molecule has 18 heavy (non-hydrogen) atoms. The van der Waals surface area contributed by atoms with E-state index in [-0.39, 0.29) is 10.8 Å². The highest BCUT2D eigenvalue weighted by Gasteiger charge is 2.29. The molecule has 0 aliphatic carbocycles. The molecule has 0 radical (unpaired) electrons. The normalized spacial score (nSPS) is 16.4. The molecule has 0 aliphatic heterocycles. The van der Waals surface area contributed by atoms with Crippen molar-refractivity contribution in [3.8, 4) is 11.5 Å². The quantitative estimate of drug-likeness (QED) is 0.576. The number of nitrogens with zero attached hydrogens (tertiary/aromatic N) is 1. The van der Waals surface area contributed by atoms with E-state index in [4.69, 9.17) is 0 Å². The highest BCUT2D eigenvalue weighted by molar-refractivity contribution is 7.84. The van der Waals surface area contributed by atoms with Crippen molar-refractivity contribution in [3.63, 3.8) is 0 Å². The van der Waals surface area contributed by atoms with Crippen molar-refractivity contribution in [1.29, 1.82) is 0 Å². The fourth-order valence-corrected chi connectivity index (χ4v) is 3.45. The topological polar surface area (TPSA) is 20.3 Å². The molecule has 0 heterocycles. The van der Waals surface area contributed by atoms with Crippen molar-refractivity contribution in [2.24, 2.45) is 5.92 Å². The minimum atomic E-state index is -1.38. The molecule has 0 N–H and O–H groups in total. The van der Waals surface area contributed by atoms with E-state index < -0.39 is 19.1 Å². The van der Waals surface area contributed by atoms with Crippen LogP contribution >= 0.6 is 0 Å². The molecule has 0 bridgehead atoms. The molecule has 4 heteroatoms. The highest BCUT2D eigenvalue weighted by atomic mass is 32.2. The molecule has 0 amide bonds. The van der Waals surface area contributed by atoms with Gasteiger partial charge < -0.3 is 0 Å². The summed E-state index contributed by atoms with van der Waals surface area (Å²) >= 11 is 0. The third-order valence-electron chi connectivity index (χ3n) is 2.40. The maximum absolute atomic E-state index is 12.4. The Bertz CT molecular complexity index is 355. The van der Waals surface area contributed by atoms with E-state index in [1.54, 1.807) is 0 Å². The number of rotatable bonds is 3. The Morgan fingerprint density at radius 1 is 1.17 bits per heavy atom.